The molecule has 0 aliphatic carbocycles. The molecule has 4 nitrogen and oxygen atoms in total. The molecule has 1 fully saturated rings. The molecular formula is C23H30F2N4. The van der Waals surface area contributed by atoms with Gasteiger partial charge < -0.3 is 9.80 Å². The lowest BCUT2D eigenvalue weighted by molar-refractivity contribution is 0.193. The summed E-state index contributed by atoms with van der Waals surface area (Å²) in [6.07, 6.45) is 4.57. The molecule has 2 aromatic rings. The van der Waals surface area contributed by atoms with E-state index in [2.05, 4.69) is 20.7 Å². The van der Waals surface area contributed by atoms with Gasteiger partial charge in [0.15, 0.2) is 0 Å². The Labute approximate surface area is 171 Å². The fourth-order valence-electron chi connectivity index (χ4n) is 4.83. The van der Waals surface area contributed by atoms with Crippen molar-refractivity contribution in [3.05, 3.63) is 59.7 Å². The number of nitrogens with zero attached hydrogens (tertiary/aromatic N) is 2. The van der Waals surface area contributed by atoms with Crippen LogP contribution in [-0.4, -0.2) is 44.2 Å². The van der Waals surface area contributed by atoms with Crippen LogP contribution in [0.25, 0.3) is 0 Å². The van der Waals surface area contributed by atoms with Crippen molar-refractivity contribution in [1.82, 2.24) is 15.8 Å². The van der Waals surface area contributed by atoms with Gasteiger partial charge in [-0.15, -0.1) is 0 Å². The second-order valence-corrected chi connectivity index (χ2v) is 8.05. The molecule has 1 saturated heterocycles. The molecule has 0 aromatic heterocycles. The van der Waals surface area contributed by atoms with Crippen LogP contribution >= 0.6 is 0 Å². The van der Waals surface area contributed by atoms with E-state index in [-0.39, 0.29) is 17.6 Å². The summed E-state index contributed by atoms with van der Waals surface area (Å²) in [4.78, 5) is 4.81. The van der Waals surface area contributed by atoms with E-state index >= 15 is 0 Å². The normalized spacial score (nSPS) is 21.3. The maximum Gasteiger partial charge on any atom is 0.123 e. The molecule has 0 radical (unpaired) electrons. The summed E-state index contributed by atoms with van der Waals surface area (Å²) in [5.41, 5.74) is 9.21. The lowest BCUT2D eigenvalue weighted by Crippen LogP contribution is -2.45. The second kappa shape index (κ2) is 9.20. The van der Waals surface area contributed by atoms with Gasteiger partial charge in [-0.05, 0) is 80.9 Å². The summed E-state index contributed by atoms with van der Waals surface area (Å²) in [5, 5.41) is 0. The second-order valence-electron chi connectivity index (χ2n) is 8.05. The summed E-state index contributed by atoms with van der Waals surface area (Å²) < 4.78 is 27.5. The number of likely N-dealkylation sites (tertiary alicyclic amines) is 1. The number of anilines is 2. The Morgan fingerprint density at radius 2 is 1.79 bits per heavy atom. The minimum absolute atomic E-state index is 0.183. The molecule has 2 N–H and O–H groups in total. The molecule has 2 aliphatic rings. The van der Waals surface area contributed by atoms with Gasteiger partial charge in [0.2, 0.25) is 0 Å². The fourth-order valence-corrected chi connectivity index (χ4v) is 4.83. The number of hydrazine groups is 1. The van der Waals surface area contributed by atoms with Crippen LogP contribution in [0.5, 0.6) is 0 Å². The van der Waals surface area contributed by atoms with Crippen LogP contribution in [0.1, 0.15) is 37.2 Å². The molecular weight excluding hydrogens is 370 g/mol. The fraction of sp³-hybridized carbons (Fsp3) is 0.478. The minimum atomic E-state index is -0.233. The maximum atomic E-state index is 14.1. The maximum absolute atomic E-state index is 14.1. The summed E-state index contributed by atoms with van der Waals surface area (Å²) in [6.45, 7) is 4.07. The number of unbranched alkanes of at least 4 members (excludes halogenated alkanes) is 2. The first-order valence-electron chi connectivity index (χ1n) is 10.6. The highest BCUT2D eigenvalue weighted by molar-refractivity contribution is 5.73. The van der Waals surface area contributed by atoms with Gasteiger partial charge in [-0.3, -0.25) is 10.9 Å². The van der Waals surface area contributed by atoms with Crippen molar-refractivity contribution in [2.24, 2.45) is 0 Å². The van der Waals surface area contributed by atoms with Gasteiger partial charge in [0.25, 0.3) is 0 Å². The largest absolute Gasteiger partial charge is 0.337 e. The van der Waals surface area contributed by atoms with E-state index in [1.165, 1.54) is 31.0 Å². The molecule has 0 amide bonds. The molecule has 0 spiro atoms. The third-order valence-corrected chi connectivity index (χ3v) is 6.20. The van der Waals surface area contributed by atoms with E-state index in [4.69, 9.17) is 0 Å². The molecule has 29 heavy (non-hydrogen) atoms. The molecule has 2 aromatic carbocycles. The predicted octanol–water partition coefficient (Wildman–Crippen LogP) is 4.17. The summed E-state index contributed by atoms with van der Waals surface area (Å²) in [6, 6.07) is 12.1. The highest BCUT2D eigenvalue weighted by Gasteiger charge is 2.42. The van der Waals surface area contributed by atoms with Gasteiger partial charge in [-0.25, -0.2) is 8.78 Å². The molecule has 2 heterocycles. The average Bonchev–Trinajstić information content (AvgIpc) is 3.04. The van der Waals surface area contributed by atoms with Crippen LogP contribution < -0.4 is 15.8 Å². The monoisotopic (exact) mass is 400 g/mol. The number of hydrogen-bond donors (Lipinski definition) is 2. The standard InChI is InChI=1S/C23H30F2N4/c1-26-27-12-3-2-4-13-28-14-11-23-21(16-28)20-15-18(25)7-10-22(20)29(23)19-8-5-17(24)6-9-19/h5-10,15,21,23,26-27H,2-4,11-14,16H2,1H3/t21-,23+/m0/s1. The van der Waals surface area contributed by atoms with Crippen LogP contribution in [-0.2, 0) is 0 Å². The van der Waals surface area contributed by atoms with Gasteiger partial charge in [0.05, 0.1) is 0 Å². The first-order valence-corrected chi connectivity index (χ1v) is 10.6. The number of hydrogen-bond acceptors (Lipinski definition) is 4. The van der Waals surface area contributed by atoms with Crippen LogP contribution in [0.4, 0.5) is 20.2 Å². The summed E-state index contributed by atoms with van der Waals surface area (Å²) >= 11 is 0. The van der Waals surface area contributed by atoms with Crippen molar-refractivity contribution >= 4 is 11.4 Å². The zero-order valence-corrected chi connectivity index (χ0v) is 17.0. The van der Waals surface area contributed by atoms with Crippen LogP contribution in [0.3, 0.4) is 0 Å². The number of nitrogens with one attached hydrogen (secondary N) is 2. The summed E-state index contributed by atoms with van der Waals surface area (Å²) in [5.74, 6) is -0.133. The van der Waals surface area contributed by atoms with Crippen molar-refractivity contribution in [3.8, 4) is 0 Å². The Kier molecular flexibility index (Phi) is 6.43. The van der Waals surface area contributed by atoms with Gasteiger partial charge >= 0.3 is 0 Å². The Hall–Kier alpha value is -2.02. The van der Waals surface area contributed by atoms with Crippen molar-refractivity contribution in [1.29, 1.82) is 0 Å². The van der Waals surface area contributed by atoms with E-state index in [1.54, 1.807) is 6.07 Å². The van der Waals surface area contributed by atoms with Crippen LogP contribution in [0, 0.1) is 11.6 Å². The predicted molar refractivity (Wildman–Crippen MR) is 113 cm³/mol. The molecule has 2 atom stereocenters. The van der Waals surface area contributed by atoms with Crippen molar-refractivity contribution in [2.75, 3.05) is 38.1 Å². The molecule has 2 aliphatic heterocycles. The molecule has 0 unspecified atom stereocenters. The topological polar surface area (TPSA) is 30.5 Å². The smallest absolute Gasteiger partial charge is 0.123 e. The Morgan fingerprint density at radius 3 is 2.59 bits per heavy atom. The summed E-state index contributed by atoms with van der Waals surface area (Å²) in [7, 11) is 1.89. The molecule has 0 saturated carbocycles. The first-order chi connectivity index (χ1) is 14.2. The van der Waals surface area contributed by atoms with Crippen molar-refractivity contribution in [3.63, 3.8) is 0 Å². The van der Waals surface area contributed by atoms with E-state index in [9.17, 15) is 8.78 Å². The highest BCUT2D eigenvalue weighted by Crippen LogP contribution is 2.48. The highest BCUT2D eigenvalue weighted by atomic mass is 19.1. The van der Waals surface area contributed by atoms with E-state index in [1.807, 2.05) is 25.2 Å². The van der Waals surface area contributed by atoms with Crippen LogP contribution in [0.2, 0.25) is 0 Å². The van der Waals surface area contributed by atoms with E-state index in [0.29, 0.717) is 6.04 Å². The lowest BCUT2D eigenvalue weighted by atomic mass is 9.89. The average molecular weight is 401 g/mol. The molecule has 4 rings (SSSR count). The van der Waals surface area contributed by atoms with Crippen molar-refractivity contribution in [2.45, 2.75) is 37.6 Å². The van der Waals surface area contributed by atoms with Gasteiger partial charge in [-0.1, -0.05) is 6.42 Å². The number of halogens is 2. The van der Waals surface area contributed by atoms with Crippen molar-refractivity contribution < 1.29 is 8.78 Å². The zero-order valence-electron chi connectivity index (χ0n) is 17.0. The van der Waals surface area contributed by atoms with E-state index < -0.39 is 0 Å². The van der Waals surface area contributed by atoms with Gasteiger partial charge in [0, 0.05) is 43.0 Å². The SMILES string of the molecule is CNNCCCCCN1CC[C@@H]2[C@@H](C1)c1cc(F)ccc1N2c1ccc(F)cc1. The number of rotatable bonds is 8. The zero-order chi connectivity index (χ0) is 20.2. The van der Waals surface area contributed by atoms with Crippen LogP contribution in [0.15, 0.2) is 42.5 Å². The number of fused-ring (bicyclic) bond motifs is 3. The first kappa shape index (κ1) is 20.3. The number of benzene rings is 2. The molecule has 156 valence electrons. The minimum Gasteiger partial charge on any atom is -0.337 e. The Morgan fingerprint density at radius 1 is 1.00 bits per heavy atom. The van der Waals surface area contributed by atoms with Gasteiger partial charge in [0.1, 0.15) is 11.6 Å². The quantitative estimate of drug-likeness (QED) is 0.514. The molecule has 6 heteroatoms. The third kappa shape index (κ3) is 4.44. The number of piperidine rings is 1. The molecule has 0 bridgehead atoms. The Bertz CT molecular complexity index is 811. The lowest BCUT2D eigenvalue weighted by Gasteiger charge is -2.39. The van der Waals surface area contributed by atoms with E-state index in [0.717, 1.165) is 56.0 Å². The van der Waals surface area contributed by atoms with Gasteiger partial charge in [-0.2, -0.15) is 0 Å². The Balaban J connectivity index is 1.47. The third-order valence-electron chi connectivity index (χ3n) is 6.20.